The summed E-state index contributed by atoms with van der Waals surface area (Å²) >= 11 is 0. The third-order valence-electron chi connectivity index (χ3n) is 3.53. The van der Waals surface area contributed by atoms with E-state index in [0.29, 0.717) is 11.8 Å². The highest BCUT2D eigenvalue weighted by Gasteiger charge is 2.18. The summed E-state index contributed by atoms with van der Waals surface area (Å²) in [6, 6.07) is 5.92. The molecule has 0 spiro atoms. The van der Waals surface area contributed by atoms with Gasteiger partial charge in [-0.2, -0.15) is 0 Å². The third-order valence-corrected chi connectivity index (χ3v) is 3.53. The minimum atomic E-state index is -0.118. The SMILES string of the molecule is COc1ccc(CNC2CCC(O)CC2)cc1O. The minimum absolute atomic E-state index is 0.118. The van der Waals surface area contributed by atoms with Crippen molar-refractivity contribution in [3.05, 3.63) is 23.8 Å². The number of hydrogen-bond donors (Lipinski definition) is 3. The molecule has 0 unspecified atom stereocenters. The number of aromatic hydroxyl groups is 1. The van der Waals surface area contributed by atoms with Crippen molar-refractivity contribution in [1.29, 1.82) is 0 Å². The van der Waals surface area contributed by atoms with Gasteiger partial charge in [0.1, 0.15) is 0 Å². The second kappa shape index (κ2) is 6.07. The number of phenols is 1. The monoisotopic (exact) mass is 251 g/mol. The van der Waals surface area contributed by atoms with Gasteiger partial charge in [-0.3, -0.25) is 0 Å². The first kappa shape index (κ1) is 13.2. The number of methoxy groups -OCH3 is 1. The summed E-state index contributed by atoms with van der Waals surface area (Å²) in [6.07, 6.45) is 3.68. The Bertz CT molecular complexity index is 387. The fourth-order valence-corrected chi connectivity index (χ4v) is 2.39. The fourth-order valence-electron chi connectivity index (χ4n) is 2.39. The number of aliphatic hydroxyl groups is 1. The Balaban J connectivity index is 1.84. The first-order valence-corrected chi connectivity index (χ1v) is 6.46. The van der Waals surface area contributed by atoms with Gasteiger partial charge in [0.15, 0.2) is 11.5 Å². The first-order chi connectivity index (χ1) is 8.69. The zero-order valence-corrected chi connectivity index (χ0v) is 10.7. The number of aliphatic hydroxyl groups excluding tert-OH is 1. The number of nitrogens with one attached hydrogen (secondary N) is 1. The Morgan fingerprint density at radius 2 is 2.00 bits per heavy atom. The van der Waals surface area contributed by atoms with Crippen LogP contribution in [0.15, 0.2) is 18.2 Å². The van der Waals surface area contributed by atoms with Gasteiger partial charge in [-0.25, -0.2) is 0 Å². The molecule has 0 aliphatic heterocycles. The number of rotatable bonds is 4. The zero-order valence-electron chi connectivity index (χ0n) is 10.7. The molecule has 100 valence electrons. The Labute approximate surface area is 108 Å². The van der Waals surface area contributed by atoms with Crippen molar-refractivity contribution in [2.24, 2.45) is 0 Å². The van der Waals surface area contributed by atoms with Crippen LogP contribution in [0, 0.1) is 0 Å². The van der Waals surface area contributed by atoms with Gasteiger partial charge in [0.2, 0.25) is 0 Å². The third kappa shape index (κ3) is 3.37. The molecule has 1 aromatic carbocycles. The molecule has 0 radical (unpaired) electrons. The van der Waals surface area contributed by atoms with E-state index in [0.717, 1.165) is 37.8 Å². The van der Waals surface area contributed by atoms with E-state index in [-0.39, 0.29) is 11.9 Å². The quantitative estimate of drug-likeness (QED) is 0.763. The van der Waals surface area contributed by atoms with E-state index in [1.807, 2.05) is 6.07 Å². The minimum Gasteiger partial charge on any atom is -0.504 e. The van der Waals surface area contributed by atoms with Gasteiger partial charge in [-0.05, 0) is 43.4 Å². The Morgan fingerprint density at radius 3 is 2.61 bits per heavy atom. The van der Waals surface area contributed by atoms with Crippen LogP contribution in [-0.4, -0.2) is 29.5 Å². The van der Waals surface area contributed by atoms with Gasteiger partial charge in [-0.15, -0.1) is 0 Å². The van der Waals surface area contributed by atoms with Gasteiger partial charge in [-0.1, -0.05) is 6.07 Å². The molecule has 0 heterocycles. The van der Waals surface area contributed by atoms with Crippen molar-refractivity contribution >= 4 is 0 Å². The normalized spacial score (nSPS) is 23.9. The van der Waals surface area contributed by atoms with Crippen LogP contribution in [0.5, 0.6) is 11.5 Å². The number of ether oxygens (including phenoxy) is 1. The van der Waals surface area contributed by atoms with Crippen LogP contribution in [0.4, 0.5) is 0 Å². The van der Waals surface area contributed by atoms with Gasteiger partial charge in [0.25, 0.3) is 0 Å². The number of benzene rings is 1. The first-order valence-electron chi connectivity index (χ1n) is 6.46. The van der Waals surface area contributed by atoms with E-state index in [1.165, 1.54) is 0 Å². The summed E-state index contributed by atoms with van der Waals surface area (Å²) in [5.74, 6) is 0.676. The smallest absolute Gasteiger partial charge is 0.160 e. The number of hydrogen-bond acceptors (Lipinski definition) is 4. The van der Waals surface area contributed by atoms with Crippen molar-refractivity contribution in [3.63, 3.8) is 0 Å². The number of phenolic OH excluding ortho intramolecular Hbond substituents is 1. The predicted octanol–water partition coefficient (Wildman–Crippen LogP) is 1.79. The zero-order chi connectivity index (χ0) is 13.0. The van der Waals surface area contributed by atoms with Crippen molar-refractivity contribution in [1.82, 2.24) is 5.32 Å². The highest BCUT2D eigenvalue weighted by molar-refractivity contribution is 5.41. The predicted molar refractivity (Wildman–Crippen MR) is 69.8 cm³/mol. The topological polar surface area (TPSA) is 61.7 Å². The van der Waals surface area contributed by atoms with Gasteiger partial charge in [0, 0.05) is 12.6 Å². The largest absolute Gasteiger partial charge is 0.504 e. The molecule has 3 N–H and O–H groups in total. The molecule has 18 heavy (non-hydrogen) atoms. The molecular weight excluding hydrogens is 230 g/mol. The standard InChI is InChI=1S/C14H21NO3/c1-18-14-7-2-10(8-13(14)17)9-15-11-3-5-12(16)6-4-11/h2,7-8,11-12,15-17H,3-6,9H2,1H3. The highest BCUT2D eigenvalue weighted by atomic mass is 16.5. The molecule has 4 nitrogen and oxygen atoms in total. The second-order valence-corrected chi connectivity index (χ2v) is 4.89. The van der Waals surface area contributed by atoms with Crippen molar-refractivity contribution in [3.8, 4) is 11.5 Å². The second-order valence-electron chi connectivity index (χ2n) is 4.89. The summed E-state index contributed by atoms with van der Waals surface area (Å²) in [4.78, 5) is 0. The summed E-state index contributed by atoms with van der Waals surface area (Å²) in [5, 5.41) is 22.6. The van der Waals surface area contributed by atoms with Crippen LogP contribution in [0.1, 0.15) is 31.2 Å². The van der Waals surface area contributed by atoms with Gasteiger partial charge in [0.05, 0.1) is 13.2 Å². The maximum atomic E-state index is 9.68. The molecule has 1 aliphatic rings. The van der Waals surface area contributed by atoms with Crippen molar-refractivity contribution in [2.45, 2.75) is 44.4 Å². The average molecular weight is 251 g/mol. The van der Waals surface area contributed by atoms with E-state index < -0.39 is 0 Å². The molecule has 0 saturated heterocycles. The van der Waals surface area contributed by atoms with Crippen LogP contribution in [0.25, 0.3) is 0 Å². The van der Waals surface area contributed by atoms with Crippen molar-refractivity contribution in [2.75, 3.05) is 7.11 Å². The lowest BCUT2D eigenvalue weighted by Gasteiger charge is -2.26. The Kier molecular flexibility index (Phi) is 4.44. The van der Waals surface area contributed by atoms with E-state index in [2.05, 4.69) is 5.32 Å². The van der Waals surface area contributed by atoms with Crippen LogP contribution in [0.2, 0.25) is 0 Å². The molecule has 0 aromatic heterocycles. The van der Waals surface area contributed by atoms with Crippen LogP contribution >= 0.6 is 0 Å². The van der Waals surface area contributed by atoms with Gasteiger partial charge < -0.3 is 20.3 Å². The summed E-state index contributed by atoms with van der Waals surface area (Å²) < 4.78 is 5.01. The van der Waals surface area contributed by atoms with E-state index in [1.54, 1.807) is 19.2 Å². The van der Waals surface area contributed by atoms with E-state index in [4.69, 9.17) is 4.74 Å². The molecule has 0 amide bonds. The maximum absolute atomic E-state index is 9.68. The molecule has 0 atom stereocenters. The maximum Gasteiger partial charge on any atom is 0.160 e. The fraction of sp³-hybridized carbons (Fsp3) is 0.571. The molecule has 2 rings (SSSR count). The van der Waals surface area contributed by atoms with Gasteiger partial charge >= 0.3 is 0 Å². The van der Waals surface area contributed by atoms with Crippen LogP contribution in [-0.2, 0) is 6.54 Å². The lowest BCUT2D eigenvalue weighted by molar-refractivity contribution is 0.116. The van der Waals surface area contributed by atoms with Crippen LogP contribution < -0.4 is 10.1 Å². The molecule has 1 aliphatic carbocycles. The average Bonchev–Trinajstić information content (AvgIpc) is 2.38. The summed E-state index contributed by atoms with van der Waals surface area (Å²) in [6.45, 7) is 0.734. The lowest BCUT2D eigenvalue weighted by Crippen LogP contribution is -2.34. The lowest BCUT2D eigenvalue weighted by atomic mass is 9.93. The van der Waals surface area contributed by atoms with Crippen molar-refractivity contribution < 1.29 is 14.9 Å². The van der Waals surface area contributed by atoms with Crippen LogP contribution in [0.3, 0.4) is 0 Å². The molecule has 1 fully saturated rings. The Morgan fingerprint density at radius 1 is 1.28 bits per heavy atom. The molecule has 1 aromatic rings. The summed E-state index contributed by atoms with van der Waals surface area (Å²) in [7, 11) is 1.54. The summed E-state index contributed by atoms with van der Waals surface area (Å²) in [5.41, 5.74) is 1.04. The Hall–Kier alpha value is -1.26. The van der Waals surface area contributed by atoms with E-state index >= 15 is 0 Å². The molecular formula is C14H21NO3. The highest BCUT2D eigenvalue weighted by Crippen LogP contribution is 2.26. The molecule has 4 heteroatoms. The molecule has 0 bridgehead atoms. The molecule has 1 saturated carbocycles. The van der Waals surface area contributed by atoms with E-state index in [9.17, 15) is 10.2 Å².